The molecule has 154 valence electrons. The number of fused-ring (bicyclic) bond motifs is 1. The van der Waals surface area contributed by atoms with Crippen LogP contribution in [0.15, 0.2) is 24.3 Å². The van der Waals surface area contributed by atoms with Crippen LogP contribution in [0.4, 0.5) is 4.79 Å². The first kappa shape index (κ1) is 20.8. The summed E-state index contributed by atoms with van der Waals surface area (Å²) in [4.78, 5) is 39.0. The number of benzene rings is 1. The molecular weight excluding hydrogens is 372 g/mol. The van der Waals surface area contributed by atoms with Gasteiger partial charge in [0.25, 0.3) is 0 Å². The zero-order chi connectivity index (χ0) is 21.0. The van der Waals surface area contributed by atoms with E-state index in [-0.39, 0.29) is 24.3 Å². The Kier molecular flexibility index (Phi) is 6.49. The second-order valence-electron chi connectivity index (χ2n) is 7.73. The van der Waals surface area contributed by atoms with E-state index in [0.717, 1.165) is 25.7 Å². The third kappa shape index (κ3) is 4.40. The van der Waals surface area contributed by atoms with E-state index in [2.05, 4.69) is 10.6 Å². The maximum absolute atomic E-state index is 13.0. The van der Waals surface area contributed by atoms with Crippen molar-refractivity contribution in [3.05, 3.63) is 35.4 Å². The van der Waals surface area contributed by atoms with Crippen LogP contribution in [0.2, 0.25) is 0 Å². The molecule has 8 heteroatoms. The number of carbonyl (C=O) groups is 3. The average molecular weight is 398 g/mol. The van der Waals surface area contributed by atoms with Gasteiger partial charge in [0.2, 0.25) is 5.91 Å². The molecule has 29 heavy (non-hydrogen) atoms. The summed E-state index contributed by atoms with van der Waals surface area (Å²) >= 11 is 0. The monoisotopic (exact) mass is 398 g/mol. The van der Waals surface area contributed by atoms with Gasteiger partial charge in [-0.3, -0.25) is 14.5 Å². The fourth-order valence-corrected chi connectivity index (χ4v) is 4.56. The highest BCUT2D eigenvalue weighted by molar-refractivity contribution is 6.02. The van der Waals surface area contributed by atoms with Crippen molar-refractivity contribution in [2.75, 3.05) is 13.6 Å². The lowest BCUT2D eigenvalue weighted by molar-refractivity contribution is -0.125. The summed E-state index contributed by atoms with van der Waals surface area (Å²) in [6.07, 6.45) is 3.16. The normalized spacial score (nSPS) is 24.3. The van der Waals surface area contributed by atoms with E-state index >= 15 is 0 Å². The molecule has 0 aromatic heterocycles. The van der Waals surface area contributed by atoms with Gasteiger partial charge in [0.1, 0.15) is 12.1 Å². The van der Waals surface area contributed by atoms with Crippen molar-refractivity contribution < 1.29 is 19.5 Å². The molecule has 8 nitrogen and oxygen atoms in total. The fourth-order valence-electron chi connectivity index (χ4n) is 4.56. The highest BCUT2D eigenvalue weighted by atomic mass is 16.4. The first-order valence-corrected chi connectivity index (χ1v) is 9.97. The smallest absolute Gasteiger partial charge is 0.408 e. The van der Waals surface area contributed by atoms with Crippen LogP contribution >= 0.6 is 0 Å². The summed E-state index contributed by atoms with van der Waals surface area (Å²) in [5.41, 5.74) is 0.834. The van der Waals surface area contributed by atoms with Crippen LogP contribution in [0.3, 0.4) is 0 Å². The van der Waals surface area contributed by atoms with Crippen molar-refractivity contribution in [3.8, 4) is 6.07 Å². The van der Waals surface area contributed by atoms with E-state index in [1.165, 1.54) is 4.90 Å². The predicted molar refractivity (Wildman–Crippen MR) is 105 cm³/mol. The Morgan fingerprint density at radius 1 is 1.24 bits per heavy atom. The number of amides is 2. The number of nitriles is 1. The number of carbonyl (C=O) groups excluding carboxylic acids is 2. The van der Waals surface area contributed by atoms with Crippen molar-refractivity contribution in [2.24, 2.45) is 5.92 Å². The number of hydrogen-bond acceptors (Lipinski definition) is 5. The van der Waals surface area contributed by atoms with Crippen LogP contribution in [0.1, 0.15) is 48.0 Å². The van der Waals surface area contributed by atoms with Gasteiger partial charge in [0, 0.05) is 18.2 Å². The standard InChI is InChI=1S/C21H26N4O4/c1-23-12-16(19(26)14-8-6-13(11-22)7-9-14)24-20(27)18-10-15-4-2-3-5-17(15)25(18)21(28)29/h6-9,15-18,23H,2-5,10,12H2,1H3,(H,24,27)(H,28,29)/t15-,16-,17-,18-/m0/s1. The summed E-state index contributed by atoms with van der Waals surface area (Å²) in [6.45, 7) is 0.219. The molecule has 4 atom stereocenters. The number of Topliss-reactive ketones (excluding diaryl/α,β-unsaturated/α-hetero) is 1. The second-order valence-corrected chi connectivity index (χ2v) is 7.73. The molecule has 0 bridgehead atoms. The maximum atomic E-state index is 13.0. The van der Waals surface area contributed by atoms with E-state index in [4.69, 9.17) is 5.26 Å². The molecule has 0 spiro atoms. The molecule has 1 saturated heterocycles. The third-order valence-electron chi connectivity index (χ3n) is 5.95. The number of carboxylic acid groups (broad SMARTS) is 1. The molecule has 0 radical (unpaired) electrons. The molecule has 0 unspecified atom stereocenters. The van der Waals surface area contributed by atoms with Crippen molar-refractivity contribution in [1.29, 1.82) is 5.26 Å². The van der Waals surface area contributed by atoms with Gasteiger partial charge in [-0.25, -0.2) is 4.79 Å². The van der Waals surface area contributed by atoms with Gasteiger partial charge in [-0.05, 0) is 44.4 Å². The SMILES string of the molecule is CNC[C@H](NC(=O)[C@@H]1C[C@@H]2CCCC[C@@H]2N1C(=O)O)C(=O)c1ccc(C#N)cc1. The van der Waals surface area contributed by atoms with E-state index in [9.17, 15) is 19.5 Å². The molecule has 1 aliphatic heterocycles. The Bertz CT molecular complexity index is 817. The van der Waals surface area contributed by atoms with E-state index in [0.29, 0.717) is 17.5 Å². The fraction of sp³-hybridized carbons (Fsp3) is 0.524. The second kappa shape index (κ2) is 9.05. The van der Waals surface area contributed by atoms with Gasteiger partial charge >= 0.3 is 6.09 Å². The Balaban J connectivity index is 1.75. The number of likely N-dealkylation sites (tertiary alicyclic amines) is 1. The van der Waals surface area contributed by atoms with Crippen molar-refractivity contribution in [2.45, 2.75) is 50.2 Å². The minimum atomic E-state index is -1.08. The molecule has 2 aliphatic rings. The van der Waals surface area contributed by atoms with Gasteiger partial charge in [-0.15, -0.1) is 0 Å². The third-order valence-corrected chi connectivity index (χ3v) is 5.95. The van der Waals surface area contributed by atoms with E-state index < -0.39 is 24.1 Å². The molecule has 3 N–H and O–H groups in total. The van der Waals surface area contributed by atoms with Crippen LogP contribution in [0, 0.1) is 17.2 Å². The van der Waals surface area contributed by atoms with Crippen molar-refractivity contribution in [1.82, 2.24) is 15.5 Å². The maximum Gasteiger partial charge on any atom is 0.408 e. The van der Waals surface area contributed by atoms with Crippen molar-refractivity contribution >= 4 is 17.8 Å². The van der Waals surface area contributed by atoms with Gasteiger partial charge in [-0.1, -0.05) is 25.0 Å². The van der Waals surface area contributed by atoms with E-state index in [1.807, 2.05) is 6.07 Å². The van der Waals surface area contributed by atoms with Gasteiger partial charge in [0.05, 0.1) is 11.6 Å². The first-order valence-electron chi connectivity index (χ1n) is 9.97. The summed E-state index contributed by atoms with van der Waals surface area (Å²) < 4.78 is 0. The van der Waals surface area contributed by atoms with Crippen LogP contribution in [-0.4, -0.2) is 59.5 Å². The minimum absolute atomic E-state index is 0.117. The first-order chi connectivity index (χ1) is 14.0. The predicted octanol–water partition coefficient (Wildman–Crippen LogP) is 1.76. The number of hydrogen-bond donors (Lipinski definition) is 3. The van der Waals surface area contributed by atoms with Crippen LogP contribution in [0.25, 0.3) is 0 Å². The Labute approximate surface area is 169 Å². The molecule has 2 fully saturated rings. The minimum Gasteiger partial charge on any atom is -0.465 e. The van der Waals surface area contributed by atoms with Gasteiger partial charge in [0.15, 0.2) is 5.78 Å². The number of nitrogens with zero attached hydrogens (tertiary/aromatic N) is 2. The number of rotatable bonds is 6. The molecule has 1 aromatic carbocycles. The van der Waals surface area contributed by atoms with Crippen molar-refractivity contribution in [3.63, 3.8) is 0 Å². The molecule has 1 aliphatic carbocycles. The Morgan fingerprint density at radius 2 is 1.93 bits per heavy atom. The largest absolute Gasteiger partial charge is 0.465 e. The molecule has 1 heterocycles. The van der Waals surface area contributed by atoms with E-state index in [1.54, 1.807) is 31.3 Å². The average Bonchev–Trinajstić information content (AvgIpc) is 3.13. The van der Waals surface area contributed by atoms with Crippen LogP contribution in [0.5, 0.6) is 0 Å². The molecule has 3 rings (SSSR count). The molecule has 2 amide bonds. The number of likely N-dealkylation sites (N-methyl/N-ethyl adjacent to an activating group) is 1. The zero-order valence-electron chi connectivity index (χ0n) is 16.4. The molecular formula is C21H26N4O4. The summed E-state index contributed by atoms with van der Waals surface area (Å²) in [6, 6.07) is 6.52. The molecule has 1 saturated carbocycles. The lowest BCUT2D eigenvalue weighted by atomic mass is 9.85. The number of nitrogens with one attached hydrogen (secondary N) is 2. The summed E-state index contributed by atoms with van der Waals surface area (Å²) in [7, 11) is 1.68. The topological polar surface area (TPSA) is 123 Å². The molecule has 1 aromatic rings. The van der Waals surface area contributed by atoms with Crippen LogP contribution < -0.4 is 10.6 Å². The lowest BCUT2D eigenvalue weighted by Gasteiger charge is -2.31. The lowest BCUT2D eigenvalue weighted by Crippen LogP contribution is -2.54. The highest BCUT2D eigenvalue weighted by Gasteiger charge is 2.48. The zero-order valence-corrected chi connectivity index (χ0v) is 16.4. The summed E-state index contributed by atoms with van der Waals surface area (Å²) in [5, 5.41) is 24.3. The number of ketones is 1. The highest BCUT2D eigenvalue weighted by Crippen LogP contribution is 2.39. The van der Waals surface area contributed by atoms with Crippen LogP contribution in [-0.2, 0) is 4.79 Å². The quantitative estimate of drug-likeness (QED) is 0.628. The van der Waals surface area contributed by atoms with Gasteiger partial charge < -0.3 is 15.7 Å². The van der Waals surface area contributed by atoms with Gasteiger partial charge in [-0.2, -0.15) is 5.26 Å². The Morgan fingerprint density at radius 3 is 2.55 bits per heavy atom. The Hall–Kier alpha value is -2.92. The summed E-state index contributed by atoms with van der Waals surface area (Å²) in [5.74, 6) is -0.508.